The molecule has 0 spiro atoms. The van der Waals surface area contributed by atoms with E-state index in [0.717, 1.165) is 25.7 Å². The molecule has 2 bridgehead atoms. The first-order valence-electron chi connectivity index (χ1n) is 3.54. The molecule has 2 fully saturated rings. The van der Waals surface area contributed by atoms with Crippen molar-refractivity contribution in [3.63, 3.8) is 0 Å². The van der Waals surface area contributed by atoms with Crippen LogP contribution in [0.15, 0.2) is 0 Å². The minimum atomic E-state index is -0.0104. The van der Waals surface area contributed by atoms with Crippen LogP contribution < -0.4 is 0 Å². The van der Waals surface area contributed by atoms with Crippen LogP contribution in [0.3, 0.4) is 0 Å². The zero-order valence-electron chi connectivity index (χ0n) is 5.30. The molecule has 2 rings (SSSR count). The summed E-state index contributed by atoms with van der Waals surface area (Å²) in [5, 5.41) is 0. The number of carbonyl (C=O) groups excluding carboxylic acids is 1. The van der Waals surface area contributed by atoms with Gasteiger partial charge in [0.1, 0.15) is 6.10 Å². The number of fused-ring (bicyclic) bond motifs is 2. The van der Waals surface area contributed by atoms with E-state index in [2.05, 4.69) is 0 Å². The van der Waals surface area contributed by atoms with Crippen LogP contribution in [0, 0.1) is 0 Å². The molecule has 0 saturated carbocycles. The number of ether oxygens (including phenoxy) is 1. The van der Waals surface area contributed by atoms with Gasteiger partial charge in [0.05, 0.1) is 6.10 Å². The SMILES string of the molecule is O=C1CC[C@H]2CC[C@@H]1O2. The van der Waals surface area contributed by atoms with Crippen molar-refractivity contribution in [2.24, 2.45) is 0 Å². The molecule has 0 radical (unpaired) electrons. The lowest BCUT2D eigenvalue weighted by Gasteiger charge is -2.17. The van der Waals surface area contributed by atoms with Crippen LogP contribution in [0.4, 0.5) is 0 Å². The lowest BCUT2D eigenvalue weighted by Crippen LogP contribution is -2.26. The summed E-state index contributed by atoms with van der Waals surface area (Å²) in [6.07, 6.45) is 4.22. The van der Waals surface area contributed by atoms with E-state index in [1.165, 1.54) is 0 Å². The van der Waals surface area contributed by atoms with Crippen molar-refractivity contribution in [1.82, 2.24) is 0 Å². The van der Waals surface area contributed by atoms with Crippen LogP contribution in [0.25, 0.3) is 0 Å². The van der Waals surface area contributed by atoms with Gasteiger partial charge in [-0.2, -0.15) is 0 Å². The third-order valence-corrected chi connectivity index (χ3v) is 2.18. The van der Waals surface area contributed by atoms with Crippen molar-refractivity contribution in [3.05, 3.63) is 0 Å². The number of hydrogen-bond donors (Lipinski definition) is 0. The molecule has 9 heavy (non-hydrogen) atoms. The molecule has 0 aromatic heterocycles. The number of ketones is 1. The molecule has 2 saturated heterocycles. The van der Waals surface area contributed by atoms with Gasteiger partial charge < -0.3 is 4.74 Å². The van der Waals surface area contributed by atoms with Crippen LogP contribution in [0.2, 0.25) is 0 Å². The van der Waals surface area contributed by atoms with Crippen LogP contribution >= 0.6 is 0 Å². The zero-order chi connectivity index (χ0) is 6.27. The molecule has 2 atom stereocenters. The third-order valence-electron chi connectivity index (χ3n) is 2.18. The fourth-order valence-electron chi connectivity index (χ4n) is 1.62. The Kier molecular flexibility index (Phi) is 1.09. The number of Topliss-reactive ketones (excluding diaryl/α,β-unsaturated/α-hetero) is 1. The van der Waals surface area contributed by atoms with Gasteiger partial charge in [0.2, 0.25) is 0 Å². The van der Waals surface area contributed by atoms with E-state index in [1.54, 1.807) is 0 Å². The van der Waals surface area contributed by atoms with Crippen molar-refractivity contribution in [2.45, 2.75) is 37.9 Å². The van der Waals surface area contributed by atoms with Crippen LogP contribution in [0.5, 0.6) is 0 Å². The molecule has 0 unspecified atom stereocenters. The first-order chi connectivity index (χ1) is 4.36. The first kappa shape index (κ1) is 5.42. The van der Waals surface area contributed by atoms with E-state index in [1.807, 2.05) is 0 Å². The first-order valence-corrected chi connectivity index (χ1v) is 3.54. The summed E-state index contributed by atoms with van der Waals surface area (Å²) in [7, 11) is 0. The second kappa shape index (κ2) is 1.81. The minimum absolute atomic E-state index is 0.0104. The maximum absolute atomic E-state index is 10.9. The maximum atomic E-state index is 10.9. The molecule has 2 heterocycles. The third kappa shape index (κ3) is 0.778. The van der Waals surface area contributed by atoms with E-state index in [4.69, 9.17) is 4.74 Å². The number of hydrogen-bond acceptors (Lipinski definition) is 2. The maximum Gasteiger partial charge on any atom is 0.161 e. The van der Waals surface area contributed by atoms with Crippen LogP contribution in [-0.4, -0.2) is 18.0 Å². The molecular weight excluding hydrogens is 116 g/mol. The molecule has 0 aliphatic carbocycles. The molecular formula is C7H10O2. The van der Waals surface area contributed by atoms with E-state index in [9.17, 15) is 4.79 Å². The summed E-state index contributed by atoms with van der Waals surface area (Å²) in [6.45, 7) is 0. The fourth-order valence-corrected chi connectivity index (χ4v) is 1.62. The Morgan fingerprint density at radius 3 is 3.00 bits per heavy atom. The Balaban J connectivity index is 2.14. The van der Waals surface area contributed by atoms with E-state index < -0.39 is 0 Å². The Bertz CT molecular complexity index is 142. The van der Waals surface area contributed by atoms with Gasteiger partial charge in [0, 0.05) is 6.42 Å². The normalized spacial score (nSPS) is 41.6. The molecule has 0 aromatic carbocycles. The fraction of sp³-hybridized carbons (Fsp3) is 0.857. The highest BCUT2D eigenvalue weighted by molar-refractivity contribution is 5.84. The van der Waals surface area contributed by atoms with Crippen molar-refractivity contribution < 1.29 is 9.53 Å². The Morgan fingerprint density at radius 1 is 1.33 bits per heavy atom. The minimum Gasteiger partial charge on any atom is -0.367 e. The lowest BCUT2D eigenvalue weighted by atomic mass is 10.1. The van der Waals surface area contributed by atoms with Crippen LogP contribution in [0.1, 0.15) is 25.7 Å². The van der Waals surface area contributed by atoms with Crippen molar-refractivity contribution in [1.29, 1.82) is 0 Å². The summed E-state index contributed by atoms with van der Waals surface area (Å²) < 4.78 is 5.36. The summed E-state index contributed by atoms with van der Waals surface area (Å²) in [5.74, 6) is 0.323. The van der Waals surface area contributed by atoms with E-state index in [0.29, 0.717) is 11.9 Å². The largest absolute Gasteiger partial charge is 0.367 e. The monoisotopic (exact) mass is 126 g/mol. The molecule has 0 aromatic rings. The summed E-state index contributed by atoms with van der Waals surface area (Å²) in [4.78, 5) is 10.9. The van der Waals surface area contributed by atoms with Crippen molar-refractivity contribution >= 4 is 5.78 Å². The molecule has 2 heteroatoms. The van der Waals surface area contributed by atoms with Gasteiger partial charge in [-0.05, 0) is 19.3 Å². The standard InChI is InChI=1S/C7H10O2/c8-6-3-1-5-2-4-7(6)9-5/h5,7H,1-4H2/t5-,7-/m0/s1. The van der Waals surface area contributed by atoms with E-state index in [-0.39, 0.29) is 6.10 Å². The average Bonchev–Trinajstić information content (AvgIpc) is 2.25. The lowest BCUT2D eigenvalue weighted by molar-refractivity contribution is -0.135. The molecule has 2 aliphatic heterocycles. The van der Waals surface area contributed by atoms with Gasteiger partial charge in [0.25, 0.3) is 0 Å². The highest BCUT2D eigenvalue weighted by Gasteiger charge is 2.34. The van der Waals surface area contributed by atoms with Crippen LogP contribution in [-0.2, 0) is 9.53 Å². The van der Waals surface area contributed by atoms with Gasteiger partial charge in [0.15, 0.2) is 5.78 Å². The molecule has 50 valence electrons. The summed E-state index contributed by atoms with van der Waals surface area (Å²) in [5.41, 5.74) is 0. The Morgan fingerprint density at radius 2 is 2.22 bits per heavy atom. The molecule has 0 N–H and O–H groups in total. The van der Waals surface area contributed by atoms with Crippen molar-refractivity contribution in [3.8, 4) is 0 Å². The van der Waals surface area contributed by atoms with Crippen molar-refractivity contribution in [2.75, 3.05) is 0 Å². The number of rotatable bonds is 0. The van der Waals surface area contributed by atoms with Gasteiger partial charge in [-0.25, -0.2) is 0 Å². The summed E-state index contributed by atoms with van der Waals surface area (Å²) in [6, 6.07) is 0. The Hall–Kier alpha value is -0.370. The molecule has 0 amide bonds. The second-order valence-electron chi connectivity index (χ2n) is 2.83. The highest BCUT2D eigenvalue weighted by atomic mass is 16.5. The van der Waals surface area contributed by atoms with Gasteiger partial charge in [-0.3, -0.25) is 4.79 Å². The second-order valence-corrected chi connectivity index (χ2v) is 2.83. The smallest absolute Gasteiger partial charge is 0.161 e. The quantitative estimate of drug-likeness (QED) is 0.482. The Labute approximate surface area is 54.2 Å². The highest BCUT2D eigenvalue weighted by Crippen LogP contribution is 2.29. The predicted octanol–water partition coefficient (Wildman–Crippen LogP) is 0.897. The molecule has 2 nitrogen and oxygen atoms in total. The van der Waals surface area contributed by atoms with Gasteiger partial charge in [-0.15, -0.1) is 0 Å². The zero-order valence-corrected chi connectivity index (χ0v) is 5.30. The number of carbonyl (C=O) groups is 1. The predicted molar refractivity (Wildman–Crippen MR) is 32.1 cm³/mol. The summed E-state index contributed by atoms with van der Waals surface area (Å²) >= 11 is 0. The molecule has 2 aliphatic rings. The topological polar surface area (TPSA) is 26.3 Å². The van der Waals surface area contributed by atoms with E-state index >= 15 is 0 Å². The van der Waals surface area contributed by atoms with Gasteiger partial charge in [-0.1, -0.05) is 0 Å². The van der Waals surface area contributed by atoms with Gasteiger partial charge >= 0.3 is 0 Å². The average molecular weight is 126 g/mol.